The van der Waals surface area contributed by atoms with Gasteiger partial charge in [0.1, 0.15) is 0 Å². The Balaban J connectivity index is 1.75. The third kappa shape index (κ3) is 4.15. The summed E-state index contributed by atoms with van der Waals surface area (Å²) in [5.74, 6) is 0. The first kappa shape index (κ1) is 15.2. The molecule has 2 fully saturated rings. The van der Waals surface area contributed by atoms with Gasteiger partial charge in [0, 0.05) is 43.8 Å². The first-order valence-electron chi connectivity index (χ1n) is 7.79. The number of ether oxygens (including phenoxy) is 1. The summed E-state index contributed by atoms with van der Waals surface area (Å²) in [5, 5.41) is 3.78. The summed E-state index contributed by atoms with van der Waals surface area (Å²) in [6.45, 7) is 16.7. The topological polar surface area (TPSA) is 27.7 Å². The molecule has 1 unspecified atom stereocenters. The zero-order valence-corrected chi connectivity index (χ0v) is 13.1. The predicted molar refractivity (Wildman–Crippen MR) is 79.6 cm³/mol. The summed E-state index contributed by atoms with van der Waals surface area (Å²) in [5.41, 5.74) is 0.231. The minimum absolute atomic E-state index is 0.231. The molecule has 0 bridgehead atoms. The molecule has 1 N–H and O–H groups in total. The molecular weight excluding hydrogens is 238 g/mol. The minimum Gasteiger partial charge on any atom is -0.379 e. The van der Waals surface area contributed by atoms with Crippen LogP contribution in [0.4, 0.5) is 0 Å². The standard InChI is InChI=1S/C15H31N3O/c1-13(2)17-6-5-14(11-17)16-12-15(3,4)18-7-9-19-10-8-18/h13-14,16H,5-12H2,1-4H3. The number of nitrogens with zero attached hydrogens (tertiary/aromatic N) is 2. The molecule has 2 aliphatic heterocycles. The van der Waals surface area contributed by atoms with Gasteiger partial charge in [-0.1, -0.05) is 0 Å². The van der Waals surface area contributed by atoms with E-state index >= 15 is 0 Å². The quantitative estimate of drug-likeness (QED) is 0.811. The van der Waals surface area contributed by atoms with E-state index in [9.17, 15) is 0 Å². The first-order valence-corrected chi connectivity index (χ1v) is 7.79. The molecular formula is C15H31N3O. The molecule has 0 radical (unpaired) electrons. The zero-order chi connectivity index (χ0) is 13.9. The Kier molecular flexibility index (Phi) is 5.23. The van der Waals surface area contributed by atoms with Crippen molar-refractivity contribution in [3.05, 3.63) is 0 Å². The SMILES string of the molecule is CC(C)N1CCC(NCC(C)(C)N2CCOCC2)C1. The van der Waals surface area contributed by atoms with Crippen molar-refractivity contribution in [2.75, 3.05) is 45.9 Å². The van der Waals surface area contributed by atoms with E-state index < -0.39 is 0 Å². The number of morpholine rings is 1. The van der Waals surface area contributed by atoms with Crippen molar-refractivity contribution in [3.8, 4) is 0 Å². The molecule has 2 aliphatic rings. The number of nitrogens with one attached hydrogen (secondary N) is 1. The van der Waals surface area contributed by atoms with Crippen molar-refractivity contribution in [2.24, 2.45) is 0 Å². The fourth-order valence-electron chi connectivity index (χ4n) is 3.10. The molecule has 4 nitrogen and oxygen atoms in total. The van der Waals surface area contributed by atoms with Gasteiger partial charge >= 0.3 is 0 Å². The monoisotopic (exact) mass is 269 g/mol. The number of rotatable bonds is 5. The lowest BCUT2D eigenvalue weighted by Gasteiger charge is -2.41. The lowest BCUT2D eigenvalue weighted by molar-refractivity contribution is -0.0103. The van der Waals surface area contributed by atoms with Gasteiger partial charge in [0.2, 0.25) is 0 Å². The van der Waals surface area contributed by atoms with Gasteiger partial charge in [-0.05, 0) is 40.7 Å². The second-order valence-corrected chi connectivity index (χ2v) is 6.87. The van der Waals surface area contributed by atoms with Crippen LogP contribution in [0.3, 0.4) is 0 Å². The van der Waals surface area contributed by atoms with Crippen LogP contribution in [0, 0.1) is 0 Å². The van der Waals surface area contributed by atoms with Crippen LogP contribution >= 0.6 is 0 Å². The number of likely N-dealkylation sites (tertiary alicyclic amines) is 1. The van der Waals surface area contributed by atoms with Gasteiger partial charge in [-0.25, -0.2) is 0 Å². The molecule has 0 aliphatic carbocycles. The van der Waals surface area contributed by atoms with Crippen molar-refractivity contribution in [1.82, 2.24) is 15.1 Å². The van der Waals surface area contributed by atoms with Crippen molar-refractivity contribution in [3.63, 3.8) is 0 Å². The van der Waals surface area contributed by atoms with Crippen LogP contribution in [0.25, 0.3) is 0 Å². The largest absolute Gasteiger partial charge is 0.379 e. The molecule has 0 saturated carbocycles. The highest BCUT2D eigenvalue weighted by Crippen LogP contribution is 2.17. The fourth-order valence-corrected chi connectivity index (χ4v) is 3.10. The predicted octanol–water partition coefficient (Wildman–Crippen LogP) is 1.17. The normalized spacial score (nSPS) is 27.3. The summed E-state index contributed by atoms with van der Waals surface area (Å²) in [7, 11) is 0. The molecule has 2 saturated heterocycles. The fraction of sp³-hybridized carbons (Fsp3) is 1.00. The summed E-state index contributed by atoms with van der Waals surface area (Å²) in [4.78, 5) is 5.12. The molecule has 112 valence electrons. The van der Waals surface area contributed by atoms with E-state index in [0.717, 1.165) is 32.8 Å². The van der Waals surface area contributed by atoms with Crippen LogP contribution in [0.2, 0.25) is 0 Å². The van der Waals surface area contributed by atoms with E-state index in [1.165, 1.54) is 19.5 Å². The Hall–Kier alpha value is -0.160. The highest BCUT2D eigenvalue weighted by atomic mass is 16.5. The Morgan fingerprint density at radius 1 is 1.21 bits per heavy atom. The molecule has 4 heteroatoms. The highest BCUT2D eigenvalue weighted by Gasteiger charge is 2.30. The number of hydrogen-bond acceptors (Lipinski definition) is 4. The Bertz CT molecular complexity index is 275. The average Bonchev–Trinajstić information content (AvgIpc) is 2.87. The third-order valence-corrected chi connectivity index (χ3v) is 4.64. The maximum absolute atomic E-state index is 5.44. The number of hydrogen-bond donors (Lipinski definition) is 1. The average molecular weight is 269 g/mol. The van der Waals surface area contributed by atoms with Crippen LogP contribution < -0.4 is 5.32 Å². The van der Waals surface area contributed by atoms with Gasteiger partial charge in [0.25, 0.3) is 0 Å². The summed E-state index contributed by atoms with van der Waals surface area (Å²) in [6, 6.07) is 1.35. The molecule has 19 heavy (non-hydrogen) atoms. The smallest absolute Gasteiger partial charge is 0.0594 e. The van der Waals surface area contributed by atoms with Crippen LogP contribution in [0.15, 0.2) is 0 Å². The third-order valence-electron chi connectivity index (χ3n) is 4.64. The van der Waals surface area contributed by atoms with E-state index in [0.29, 0.717) is 12.1 Å². The molecule has 0 spiro atoms. The summed E-state index contributed by atoms with van der Waals surface area (Å²) < 4.78 is 5.44. The summed E-state index contributed by atoms with van der Waals surface area (Å²) in [6.07, 6.45) is 1.29. The second kappa shape index (κ2) is 6.53. The van der Waals surface area contributed by atoms with E-state index in [2.05, 4.69) is 42.8 Å². The second-order valence-electron chi connectivity index (χ2n) is 6.87. The minimum atomic E-state index is 0.231. The van der Waals surface area contributed by atoms with Crippen molar-refractivity contribution < 1.29 is 4.74 Å². The molecule has 2 rings (SSSR count). The van der Waals surface area contributed by atoms with Crippen LogP contribution in [0.1, 0.15) is 34.1 Å². The van der Waals surface area contributed by atoms with E-state index in [1.54, 1.807) is 0 Å². The van der Waals surface area contributed by atoms with E-state index in [-0.39, 0.29) is 5.54 Å². The lowest BCUT2D eigenvalue weighted by atomic mass is 10.0. The molecule has 0 aromatic carbocycles. The summed E-state index contributed by atoms with van der Waals surface area (Å²) >= 11 is 0. The Morgan fingerprint density at radius 3 is 2.47 bits per heavy atom. The van der Waals surface area contributed by atoms with Gasteiger partial charge in [-0.3, -0.25) is 9.80 Å². The molecule has 0 amide bonds. The maximum Gasteiger partial charge on any atom is 0.0594 e. The van der Waals surface area contributed by atoms with Gasteiger partial charge in [0.15, 0.2) is 0 Å². The maximum atomic E-state index is 5.44. The lowest BCUT2D eigenvalue weighted by Crippen LogP contribution is -2.56. The van der Waals surface area contributed by atoms with Crippen LogP contribution in [-0.2, 0) is 4.74 Å². The first-order chi connectivity index (χ1) is 8.99. The van der Waals surface area contributed by atoms with Crippen molar-refractivity contribution in [2.45, 2.75) is 51.7 Å². The molecule has 0 aromatic rings. The van der Waals surface area contributed by atoms with Gasteiger partial charge in [-0.2, -0.15) is 0 Å². The molecule has 1 atom stereocenters. The molecule has 2 heterocycles. The highest BCUT2D eigenvalue weighted by molar-refractivity contribution is 4.89. The van der Waals surface area contributed by atoms with Gasteiger partial charge < -0.3 is 10.1 Å². The Morgan fingerprint density at radius 2 is 1.89 bits per heavy atom. The van der Waals surface area contributed by atoms with Crippen molar-refractivity contribution in [1.29, 1.82) is 0 Å². The van der Waals surface area contributed by atoms with E-state index in [1.807, 2.05) is 0 Å². The molecule has 0 aromatic heterocycles. The zero-order valence-electron chi connectivity index (χ0n) is 13.1. The van der Waals surface area contributed by atoms with Gasteiger partial charge in [-0.15, -0.1) is 0 Å². The van der Waals surface area contributed by atoms with Crippen LogP contribution in [0.5, 0.6) is 0 Å². The van der Waals surface area contributed by atoms with Crippen molar-refractivity contribution >= 4 is 0 Å². The van der Waals surface area contributed by atoms with E-state index in [4.69, 9.17) is 4.74 Å². The van der Waals surface area contributed by atoms with Crippen LogP contribution in [-0.4, -0.2) is 73.4 Å². The Labute approximate surface area is 118 Å². The van der Waals surface area contributed by atoms with Gasteiger partial charge in [0.05, 0.1) is 13.2 Å².